The lowest BCUT2D eigenvalue weighted by Crippen LogP contribution is -2.24. The second-order valence-electron chi connectivity index (χ2n) is 3.51. The zero-order valence-corrected chi connectivity index (χ0v) is 10.1. The molecule has 0 aliphatic carbocycles. The first kappa shape index (κ1) is 13.1. The Balaban J connectivity index is 2.73. The predicted molar refractivity (Wildman–Crippen MR) is 65.4 cm³/mol. The average Bonchev–Trinajstić information content (AvgIpc) is 2.38. The van der Waals surface area contributed by atoms with Gasteiger partial charge in [0.25, 0.3) is 5.91 Å². The molecule has 0 spiro atoms. The number of amides is 1. The number of hydrogen-bond donors (Lipinski definition) is 1. The molecule has 0 aromatic carbocycles. The summed E-state index contributed by atoms with van der Waals surface area (Å²) in [6.07, 6.45) is 4.07. The molecule has 1 N–H and O–H groups in total. The molecule has 0 saturated heterocycles. The summed E-state index contributed by atoms with van der Waals surface area (Å²) in [6.45, 7) is 3.67. The smallest absolute Gasteiger partial charge is 0.273 e. The minimum absolute atomic E-state index is 0.00294. The van der Waals surface area contributed by atoms with Crippen LogP contribution in [0.15, 0.2) is 36.2 Å². The van der Waals surface area contributed by atoms with Gasteiger partial charge in [0, 0.05) is 24.4 Å². The van der Waals surface area contributed by atoms with Gasteiger partial charge in [-0.15, -0.1) is 0 Å². The van der Waals surface area contributed by atoms with Gasteiger partial charge in [0.1, 0.15) is 5.69 Å². The Morgan fingerprint density at radius 2 is 2.06 bits per heavy atom. The van der Waals surface area contributed by atoms with Gasteiger partial charge in [-0.3, -0.25) is 14.6 Å². The average molecular weight is 232 g/mol. The van der Waals surface area contributed by atoms with Gasteiger partial charge in [-0.25, -0.2) is 0 Å². The lowest BCUT2D eigenvalue weighted by molar-refractivity contribution is -0.114. The molecule has 0 saturated carbocycles. The van der Waals surface area contributed by atoms with Gasteiger partial charge in [-0.05, 0) is 18.6 Å². The Kier molecular flexibility index (Phi) is 5.07. The van der Waals surface area contributed by atoms with Crippen molar-refractivity contribution in [3.8, 4) is 0 Å². The van der Waals surface area contributed by atoms with E-state index in [1.54, 1.807) is 31.3 Å². The molecule has 0 fully saturated rings. The Labute approximate surface area is 101 Å². The van der Waals surface area contributed by atoms with Crippen LogP contribution in [-0.2, 0) is 4.79 Å². The van der Waals surface area contributed by atoms with Crippen LogP contribution in [0.25, 0.3) is 0 Å². The molecule has 1 aromatic rings. The van der Waals surface area contributed by atoms with Crippen molar-refractivity contribution in [2.45, 2.75) is 26.7 Å². The molecule has 0 aliphatic rings. The second-order valence-corrected chi connectivity index (χ2v) is 3.51. The maximum Gasteiger partial charge on any atom is 0.273 e. The fraction of sp³-hybridized carbons (Fsp3) is 0.308. The maximum atomic E-state index is 11.8. The number of carbonyl (C=O) groups is 2. The van der Waals surface area contributed by atoms with Gasteiger partial charge in [-0.1, -0.05) is 19.9 Å². The Morgan fingerprint density at radius 1 is 1.29 bits per heavy atom. The van der Waals surface area contributed by atoms with E-state index >= 15 is 0 Å². The molecule has 4 nitrogen and oxygen atoms in total. The molecule has 17 heavy (non-hydrogen) atoms. The third-order valence-electron chi connectivity index (χ3n) is 2.24. The van der Waals surface area contributed by atoms with E-state index in [1.807, 2.05) is 6.92 Å². The first-order chi connectivity index (χ1) is 8.17. The molecule has 1 rings (SSSR count). The van der Waals surface area contributed by atoms with Gasteiger partial charge in [-0.2, -0.15) is 0 Å². The highest BCUT2D eigenvalue weighted by molar-refractivity contribution is 5.95. The van der Waals surface area contributed by atoms with E-state index in [9.17, 15) is 9.59 Å². The van der Waals surface area contributed by atoms with Crippen LogP contribution >= 0.6 is 0 Å². The summed E-state index contributed by atoms with van der Waals surface area (Å²) in [5.74, 6) is -0.286. The van der Waals surface area contributed by atoms with Crippen LogP contribution < -0.4 is 5.32 Å². The summed E-state index contributed by atoms with van der Waals surface area (Å²) in [7, 11) is 0. The summed E-state index contributed by atoms with van der Waals surface area (Å²) in [5.41, 5.74) is 0.961. The molecule has 0 radical (unpaired) electrons. The molecular weight excluding hydrogens is 216 g/mol. The summed E-state index contributed by atoms with van der Waals surface area (Å²) in [6, 6.07) is 5.12. The van der Waals surface area contributed by atoms with Gasteiger partial charge in [0.2, 0.25) is 0 Å². The van der Waals surface area contributed by atoms with Crippen LogP contribution in [0.1, 0.15) is 37.2 Å². The zero-order chi connectivity index (χ0) is 12.7. The van der Waals surface area contributed by atoms with E-state index in [0.717, 1.165) is 0 Å². The number of pyridine rings is 1. The maximum absolute atomic E-state index is 11.8. The summed E-state index contributed by atoms with van der Waals surface area (Å²) in [4.78, 5) is 27.0. The fourth-order valence-electron chi connectivity index (χ4n) is 1.23. The van der Waals surface area contributed by atoms with Crippen LogP contribution in [-0.4, -0.2) is 16.7 Å². The van der Waals surface area contributed by atoms with Crippen LogP contribution in [0.3, 0.4) is 0 Å². The fourth-order valence-corrected chi connectivity index (χ4v) is 1.23. The van der Waals surface area contributed by atoms with Crippen molar-refractivity contribution < 1.29 is 9.59 Å². The van der Waals surface area contributed by atoms with E-state index < -0.39 is 0 Å². The number of nitrogens with zero attached hydrogens (tertiary/aromatic N) is 1. The van der Waals surface area contributed by atoms with E-state index in [0.29, 0.717) is 24.2 Å². The van der Waals surface area contributed by atoms with E-state index in [1.165, 1.54) is 6.08 Å². The number of rotatable bonds is 5. The van der Waals surface area contributed by atoms with Crippen LogP contribution in [0, 0.1) is 0 Å². The molecule has 1 amide bonds. The molecule has 0 bridgehead atoms. The highest BCUT2D eigenvalue weighted by Gasteiger charge is 2.08. The molecule has 0 aliphatic heterocycles. The van der Waals surface area contributed by atoms with Crippen molar-refractivity contribution in [1.82, 2.24) is 10.3 Å². The predicted octanol–water partition coefficient (Wildman–Crippen LogP) is 2.08. The van der Waals surface area contributed by atoms with Crippen LogP contribution in [0.2, 0.25) is 0 Å². The largest absolute Gasteiger partial charge is 0.324 e. The van der Waals surface area contributed by atoms with Crippen molar-refractivity contribution in [3.05, 3.63) is 41.9 Å². The van der Waals surface area contributed by atoms with E-state index in [-0.39, 0.29) is 11.7 Å². The van der Waals surface area contributed by atoms with E-state index in [2.05, 4.69) is 10.3 Å². The minimum atomic E-state index is -0.289. The summed E-state index contributed by atoms with van der Waals surface area (Å²) in [5, 5.41) is 2.69. The van der Waals surface area contributed by atoms with Crippen molar-refractivity contribution in [3.63, 3.8) is 0 Å². The minimum Gasteiger partial charge on any atom is -0.324 e. The van der Waals surface area contributed by atoms with Gasteiger partial charge < -0.3 is 5.32 Å². The molecule has 1 aromatic heterocycles. The monoisotopic (exact) mass is 232 g/mol. The first-order valence-corrected chi connectivity index (χ1v) is 5.63. The Bertz CT molecular complexity index is 424. The molecule has 0 unspecified atom stereocenters. The van der Waals surface area contributed by atoms with E-state index in [4.69, 9.17) is 0 Å². The third-order valence-corrected chi connectivity index (χ3v) is 2.24. The summed E-state index contributed by atoms with van der Waals surface area (Å²) < 4.78 is 0. The number of ketones is 1. The molecule has 90 valence electrons. The number of hydrogen-bond acceptors (Lipinski definition) is 3. The normalized spacial score (nSPS) is 11.1. The zero-order valence-electron chi connectivity index (χ0n) is 10.1. The first-order valence-electron chi connectivity index (χ1n) is 5.63. The Hall–Kier alpha value is -1.97. The highest BCUT2D eigenvalue weighted by Crippen LogP contribution is 2.01. The van der Waals surface area contributed by atoms with Crippen LogP contribution in [0.4, 0.5) is 0 Å². The second kappa shape index (κ2) is 6.58. The lowest BCUT2D eigenvalue weighted by Gasteiger charge is -2.06. The van der Waals surface area contributed by atoms with Gasteiger partial charge in [0.15, 0.2) is 5.78 Å². The molecule has 1 heterocycles. The van der Waals surface area contributed by atoms with Gasteiger partial charge >= 0.3 is 0 Å². The number of carbonyl (C=O) groups excluding carboxylic acids is 2. The lowest BCUT2D eigenvalue weighted by atomic mass is 10.2. The highest BCUT2D eigenvalue weighted by atomic mass is 16.2. The van der Waals surface area contributed by atoms with Crippen molar-refractivity contribution in [2.24, 2.45) is 0 Å². The number of allylic oxidation sites excluding steroid dienone is 2. The molecule has 0 atom stereocenters. The summed E-state index contributed by atoms with van der Waals surface area (Å²) >= 11 is 0. The Morgan fingerprint density at radius 3 is 2.59 bits per heavy atom. The quantitative estimate of drug-likeness (QED) is 0.791. The SMILES string of the molecule is CCC(=O)/C=C(\CC)NC(=O)c1ccccn1. The van der Waals surface area contributed by atoms with Crippen molar-refractivity contribution >= 4 is 11.7 Å². The number of aromatic nitrogens is 1. The standard InChI is InChI=1S/C13H16N2O2/c1-3-10(9-11(16)4-2)15-13(17)12-7-5-6-8-14-12/h5-9H,3-4H2,1-2H3,(H,15,17)/b10-9+. The topological polar surface area (TPSA) is 59.1 Å². The van der Waals surface area contributed by atoms with Crippen molar-refractivity contribution in [2.75, 3.05) is 0 Å². The van der Waals surface area contributed by atoms with Crippen LogP contribution in [0.5, 0.6) is 0 Å². The van der Waals surface area contributed by atoms with Gasteiger partial charge in [0.05, 0.1) is 0 Å². The third kappa shape index (κ3) is 4.18. The molecule has 4 heteroatoms. The number of nitrogens with one attached hydrogen (secondary N) is 1. The van der Waals surface area contributed by atoms with Crippen molar-refractivity contribution in [1.29, 1.82) is 0 Å². The molecular formula is C13H16N2O2.